The van der Waals surface area contributed by atoms with E-state index < -0.39 is 8.80 Å². The number of hydrogen-bond donors (Lipinski definition) is 0. The van der Waals surface area contributed by atoms with Crippen molar-refractivity contribution in [1.29, 1.82) is 0 Å². The Bertz CT molecular complexity index is 363. The van der Waals surface area contributed by atoms with Crippen molar-refractivity contribution in [2.45, 2.75) is 31.9 Å². The third kappa shape index (κ3) is 4.91. The topological polar surface area (TPSA) is 27.7 Å². The molecular formula is C15H24O3Si. The Morgan fingerprint density at radius 1 is 1.21 bits per heavy atom. The molecule has 0 saturated carbocycles. The average molecular weight is 280 g/mol. The summed E-state index contributed by atoms with van der Waals surface area (Å²) in [6.07, 6.45) is 3.50. The standard InChI is InChI=1S/C15H24O3Si/c1-5-12-19(16-3,17-4)18-15(6-2)13-14-10-8-7-9-11-14/h6-11,15H,2,5,12-13H2,1,3-4H3. The Kier molecular flexibility index (Phi) is 7.01. The van der Waals surface area contributed by atoms with Gasteiger partial charge in [0.25, 0.3) is 0 Å². The molecule has 3 nitrogen and oxygen atoms in total. The quantitative estimate of drug-likeness (QED) is 0.512. The molecule has 1 aromatic carbocycles. The summed E-state index contributed by atoms with van der Waals surface area (Å²) in [5, 5.41) is 0. The van der Waals surface area contributed by atoms with Crippen LogP contribution in [0, 0.1) is 0 Å². The maximum absolute atomic E-state index is 6.11. The van der Waals surface area contributed by atoms with E-state index in [-0.39, 0.29) is 6.10 Å². The second-order valence-corrected chi connectivity index (χ2v) is 7.34. The van der Waals surface area contributed by atoms with Crippen molar-refractivity contribution >= 4 is 8.80 Å². The van der Waals surface area contributed by atoms with Crippen LogP contribution in [-0.4, -0.2) is 29.1 Å². The van der Waals surface area contributed by atoms with Crippen molar-refractivity contribution in [2.24, 2.45) is 0 Å². The van der Waals surface area contributed by atoms with E-state index in [2.05, 4.69) is 25.6 Å². The van der Waals surface area contributed by atoms with E-state index in [9.17, 15) is 0 Å². The van der Waals surface area contributed by atoms with Crippen molar-refractivity contribution in [3.05, 3.63) is 48.6 Å². The van der Waals surface area contributed by atoms with Gasteiger partial charge < -0.3 is 13.3 Å². The molecule has 19 heavy (non-hydrogen) atoms. The van der Waals surface area contributed by atoms with Crippen molar-refractivity contribution < 1.29 is 13.3 Å². The summed E-state index contributed by atoms with van der Waals surface area (Å²) in [7, 11) is 0.769. The van der Waals surface area contributed by atoms with Gasteiger partial charge in [-0.2, -0.15) is 0 Å². The first-order valence-corrected chi connectivity index (χ1v) is 8.57. The summed E-state index contributed by atoms with van der Waals surface area (Å²) in [6.45, 7) is 5.96. The maximum atomic E-state index is 6.11. The van der Waals surface area contributed by atoms with Gasteiger partial charge in [-0.1, -0.05) is 49.8 Å². The molecule has 0 spiro atoms. The van der Waals surface area contributed by atoms with Crippen LogP contribution in [0.25, 0.3) is 0 Å². The zero-order valence-corrected chi connectivity index (χ0v) is 13.1. The van der Waals surface area contributed by atoms with E-state index in [0.717, 1.165) is 18.9 Å². The normalized spacial score (nSPS) is 13.2. The molecule has 0 bridgehead atoms. The van der Waals surface area contributed by atoms with Gasteiger partial charge in [-0.15, -0.1) is 6.58 Å². The van der Waals surface area contributed by atoms with Gasteiger partial charge in [-0.05, 0) is 5.56 Å². The van der Waals surface area contributed by atoms with Crippen LogP contribution in [0.5, 0.6) is 0 Å². The fourth-order valence-electron chi connectivity index (χ4n) is 2.00. The first-order chi connectivity index (χ1) is 9.19. The average Bonchev–Trinajstić information content (AvgIpc) is 2.47. The number of rotatable bonds is 9. The minimum atomic E-state index is -2.55. The molecule has 0 N–H and O–H groups in total. The van der Waals surface area contributed by atoms with E-state index >= 15 is 0 Å². The Morgan fingerprint density at radius 3 is 2.32 bits per heavy atom. The van der Waals surface area contributed by atoms with Gasteiger partial charge in [0.05, 0.1) is 6.10 Å². The Morgan fingerprint density at radius 2 is 1.84 bits per heavy atom. The second kappa shape index (κ2) is 8.27. The molecule has 0 aliphatic carbocycles. The molecule has 0 aliphatic heterocycles. The highest BCUT2D eigenvalue weighted by Crippen LogP contribution is 2.20. The molecular weight excluding hydrogens is 256 g/mol. The molecule has 0 amide bonds. The SMILES string of the molecule is C=CC(Cc1ccccc1)O[Si](CCC)(OC)OC. The molecule has 4 heteroatoms. The Balaban J connectivity index is 2.71. The molecule has 1 rings (SSSR count). The fourth-order valence-corrected chi connectivity index (χ4v) is 4.14. The van der Waals surface area contributed by atoms with Gasteiger partial charge in [0.15, 0.2) is 0 Å². The van der Waals surface area contributed by atoms with E-state index in [1.165, 1.54) is 5.56 Å². The van der Waals surface area contributed by atoms with Crippen LogP contribution in [0.2, 0.25) is 6.04 Å². The monoisotopic (exact) mass is 280 g/mol. The first kappa shape index (κ1) is 16.1. The molecule has 106 valence electrons. The lowest BCUT2D eigenvalue weighted by molar-refractivity contribution is 0.0736. The van der Waals surface area contributed by atoms with E-state index in [4.69, 9.17) is 13.3 Å². The van der Waals surface area contributed by atoms with Gasteiger partial charge in [-0.25, -0.2) is 0 Å². The highest BCUT2D eigenvalue weighted by Gasteiger charge is 2.39. The van der Waals surface area contributed by atoms with Gasteiger partial charge in [0.1, 0.15) is 0 Å². The summed E-state index contributed by atoms with van der Waals surface area (Å²) in [4.78, 5) is 0. The molecule has 1 aromatic rings. The molecule has 1 unspecified atom stereocenters. The zero-order chi connectivity index (χ0) is 14.1. The number of hydrogen-bond acceptors (Lipinski definition) is 3. The van der Waals surface area contributed by atoms with Gasteiger partial charge in [0.2, 0.25) is 0 Å². The molecule has 0 radical (unpaired) electrons. The largest absolute Gasteiger partial charge is 0.500 e. The molecule has 0 aliphatic rings. The fraction of sp³-hybridized carbons (Fsp3) is 0.467. The Labute approximate surface area is 117 Å². The van der Waals surface area contributed by atoms with E-state index in [1.54, 1.807) is 14.2 Å². The lowest BCUT2D eigenvalue weighted by Gasteiger charge is -2.29. The van der Waals surface area contributed by atoms with Crippen LogP contribution >= 0.6 is 0 Å². The third-order valence-corrected chi connectivity index (χ3v) is 6.07. The maximum Gasteiger partial charge on any atom is 0.500 e. The first-order valence-electron chi connectivity index (χ1n) is 6.64. The summed E-state index contributed by atoms with van der Waals surface area (Å²) in [5.74, 6) is 0. The highest BCUT2D eigenvalue weighted by molar-refractivity contribution is 6.60. The summed E-state index contributed by atoms with van der Waals surface area (Å²) < 4.78 is 17.2. The third-order valence-electron chi connectivity index (χ3n) is 3.05. The predicted molar refractivity (Wildman–Crippen MR) is 80.1 cm³/mol. The summed E-state index contributed by atoms with van der Waals surface area (Å²) in [5.41, 5.74) is 1.22. The molecule has 0 heterocycles. The van der Waals surface area contributed by atoms with E-state index in [1.807, 2.05) is 24.3 Å². The van der Waals surface area contributed by atoms with Gasteiger partial charge in [-0.3, -0.25) is 0 Å². The van der Waals surface area contributed by atoms with Crippen LogP contribution in [0.3, 0.4) is 0 Å². The molecule has 0 aromatic heterocycles. The van der Waals surface area contributed by atoms with E-state index in [0.29, 0.717) is 0 Å². The van der Waals surface area contributed by atoms with Gasteiger partial charge in [0, 0.05) is 26.7 Å². The van der Waals surface area contributed by atoms with Crippen LogP contribution in [-0.2, 0) is 19.7 Å². The highest BCUT2D eigenvalue weighted by atomic mass is 28.4. The summed E-state index contributed by atoms with van der Waals surface area (Å²) in [6, 6.07) is 11.1. The molecule has 0 saturated heterocycles. The van der Waals surface area contributed by atoms with Gasteiger partial charge >= 0.3 is 8.80 Å². The second-order valence-electron chi connectivity index (χ2n) is 4.42. The molecule has 1 atom stereocenters. The lowest BCUT2D eigenvalue weighted by atomic mass is 10.1. The summed E-state index contributed by atoms with van der Waals surface area (Å²) >= 11 is 0. The Hall–Kier alpha value is -0.943. The minimum absolute atomic E-state index is 0.0829. The van der Waals surface area contributed by atoms with Crippen LogP contribution < -0.4 is 0 Å². The zero-order valence-electron chi connectivity index (χ0n) is 12.1. The predicted octanol–water partition coefficient (Wildman–Crippen LogP) is 3.44. The van der Waals surface area contributed by atoms with Crippen molar-refractivity contribution in [1.82, 2.24) is 0 Å². The smallest absolute Gasteiger partial charge is 0.377 e. The lowest BCUT2D eigenvalue weighted by Crippen LogP contribution is -2.46. The van der Waals surface area contributed by atoms with Crippen molar-refractivity contribution in [2.75, 3.05) is 14.2 Å². The number of benzene rings is 1. The van der Waals surface area contributed by atoms with Crippen LogP contribution in [0.1, 0.15) is 18.9 Å². The van der Waals surface area contributed by atoms with Crippen molar-refractivity contribution in [3.63, 3.8) is 0 Å². The molecule has 0 fully saturated rings. The van der Waals surface area contributed by atoms with Crippen LogP contribution in [0.4, 0.5) is 0 Å². The minimum Gasteiger partial charge on any atom is -0.377 e. The van der Waals surface area contributed by atoms with Crippen LogP contribution in [0.15, 0.2) is 43.0 Å². The van der Waals surface area contributed by atoms with Crippen molar-refractivity contribution in [3.8, 4) is 0 Å².